The summed E-state index contributed by atoms with van der Waals surface area (Å²) in [5, 5.41) is 9.60. The lowest BCUT2D eigenvalue weighted by atomic mass is 10.0. The number of hydrogen-bond donors (Lipinski definition) is 1. The summed E-state index contributed by atoms with van der Waals surface area (Å²) in [4.78, 5) is 37.5. The maximum absolute atomic E-state index is 13.1. The molecule has 2 aromatic carbocycles. The van der Waals surface area contributed by atoms with Crippen molar-refractivity contribution in [2.45, 2.75) is 128 Å². The molecule has 0 saturated carbocycles. The van der Waals surface area contributed by atoms with Gasteiger partial charge in [-0.1, -0.05) is 63.6 Å². The first-order valence-electron chi connectivity index (χ1n) is 22.1. The lowest BCUT2D eigenvalue weighted by molar-refractivity contribution is -0.149. The third kappa shape index (κ3) is 18.5. The second-order valence-electron chi connectivity index (χ2n) is 19.1. The number of rotatable bonds is 24. The predicted molar refractivity (Wildman–Crippen MR) is 256 cm³/mol. The summed E-state index contributed by atoms with van der Waals surface area (Å²) in [6.45, 7) is 21.0. The molecule has 66 heavy (non-hydrogen) atoms. The second-order valence-corrected chi connectivity index (χ2v) is 30.4. The van der Waals surface area contributed by atoms with Crippen molar-refractivity contribution in [3.8, 4) is 23.0 Å². The van der Waals surface area contributed by atoms with Crippen LogP contribution in [0.4, 0.5) is 0 Å². The highest BCUT2D eigenvalue weighted by atomic mass is 28.3. The van der Waals surface area contributed by atoms with Crippen LogP contribution in [0.1, 0.15) is 72.4 Å². The molecule has 0 bridgehead atoms. The van der Waals surface area contributed by atoms with Crippen molar-refractivity contribution >= 4 is 46.5 Å². The van der Waals surface area contributed by atoms with E-state index in [4.69, 9.17) is 56.8 Å². The summed E-state index contributed by atoms with van der Waals surface area (Å²) < 4.78 is 66.4. The molecule has 0 amide bonds. The monoisotopic (exact) mass is 962 g/mol. The van der Waals surface area contributed by atoms with Crippen molar-refractivity contribution in [2.24, 2.45) is 0 Å². The molecule has 4 atom stereocenters. The molecule has 4 rings (SSSR count). The van der Waals surface area contributed by atoms with Crippen LogP contribution in [-0.4, -0.2) is 137 Å². The molecule has 0 aromatic heterocycles. The van der Waals surface area contributed by atoms with Crippen molar-refractivity contribution in [1.82, 2.24) is 0 Å². The average molecular weight is 963 g/mol. The van der Waals surface area contributed by atoms with E-state index in [0.29, 0.717) is 65.7 Å². The third-order valence-electron chi connectivity index (χ3n) is 10.1. The van der Waals surface area contributed by atoms with E-state index in [-0.39, 0.29) is 31.9 Å². The molecule has 0 spiro atoms. The molecule has 2 fully saturated rings. The first kappa shape index (κ1) is 56.2. The Hall–Kier alpha value is -4.12. The molecular weight excluding hydrogens is 889 g/mol. The highest BCUT2D eigenvalue weighted by Gasteiger charge is 2.41. The normalized spacial score (nSPS) is 20.2. The van der Waals surface area contributed by atoms with Crippen LogP contribution in [0.3, 0.4) is 0 Å². The molecule has 18 heteroatoms. The van der Waals surface area contributed by atoms with Crippen LogP contribution in [0.2, 0.25) is 51.4 Å². The first-order valence-corrected chi connectivity index (χ1v) is 29.5. The number of esters is 2. The summed E-state index contributed by atoms with van der Waals surface area (Å²) in [5.74, 6) is -0.836. The van der Waals surface area contributed by atoms with Crippen LogP contribution in [0.15, 0.2) is 36.4 Å². The van der Waals surface area contributed by atoms with Crippen molar-refractivity contribution in [2.75, 3.05) is 61.8 Å². The molecule has 0 radical (unpaired) electrons. The molecule has 2 aliphatic heterocycles. The number of methoxy groups -OCH3 is 4. The van der Waals surface area contributed by atoms with E-state index < -0.39 is 58.0 Å². The summed E-state index contributed by atoms with van der Waals surface area (Å²) in [6.07, 6.45) is 7.16. The topological polar surface area (TPSA) is 182 Å². The van der Waals surface area contributed by atoms with Crippen LogP contribution < -0.4 is 18.9 Å². The lowest BCUT2D eigenvalue weighted by Crippen LogP contribution is -2.25. The largest absolute Gasteiger partial charge is 0.497 e. The Morgan fingerprint density at radius 2 is 1.05 bits per heavy atom. The highest BCUT2D eigenvalue weighted by molar-refractivity contribution is 6.76. The van der Waals surface area contributed by atoms with E-state index in [9.17, 15) is 19.5 Å². The summed E-state index contributed by atoms with van der Waals surface area (Å²) in [6, 6.07) is 8.49. The minimum absolute atomic E-state index is 0.0218. The van der Waals surface area contributed by atoms with E-state index in [2.05, 4.69) is 39.3 Å². The minimum Gasteiger partial charge on any atom is -0.497 e. The van der Waals surface area contributed by atoms with Gasteiger partial charge in [-0.05, 0) is 75.9 Å². The van der Waals surface area contributed by atoms with Gasteiger partial charge in [-0.25, -0.2) is 9.59 Å². The molecule has 2 saturated heterocycles. The number of ether oxygens (including phenoxy) is 12. The molecule has 2 unspecified atom stereocenters. The fourth-order valence-corrected chi connectivity index (χ4v) is 8.18. The third-order valence-corrected chi connectivity index (χ3v) is 13.5. The number of aliphatic hydroxyl groups is 1. The highest BCUT2D eigenvalue weighted by Crippen LogP contribution is 2.35. The van der Waals surface area contributed by atoms with Gasteiger partial charge < -0.3 is 66.7 Å². The fourth-order valence-electron chi connectivity index (χ4n) is 6.76. The first-order chi connectivity index (χ1) is 31.0. The van der Waals surface area contributed by atoms with Crippen LogP contribution in [0.25, 0.3) is 12.2 Å². The number of aldehydes is 1. The quantitative estimate of drug-likeness (QED) is 0.0458. The molecule has 2 heterocycles. The van der Waals surface area contributed by atoms with Gasteiger partial charge in [0.05, 0.1) is 46.2 Å². The second kappa shape index (κ2) is 25.9. The van der Waals surface area contributed by atoms with Crippen molar-refractivity contribution in [3.05, 3.63) is 58.7 Å². The molecule has 370 valence electrons. The van der Waals surface area contributed by atoms with Gasteiger partial charge >= 0.3 is 11.9 Å². The van der Waals surface area contributed by atoms with Gasteiger partial charge in [-0.15, -0.1) is 0 Å². The summed E-state index contributed by atoms with van der Waals surface area (Å²) >= 11 is 0. The van der Waals surface area contributed by atoms with Gasteiger partial charge in [0.1, 0.15) is 46.3 Å². The number of carbonyl (C=O) groups is 3. The van der Waals surface area contributed by atoms with Gasteiger partial charge in [-0.2, -0.15) is 0 Å². The zero-order valence-electron chi connectivity index (χ0n) is 41.4. The maximum Gasteiger partial charge on any atom is 0.342 e. The Morgan fingerprint density at radius 3 is 1.44 bits per heavy atom. The van der Waals surface area contributed by atoms with Crippen LogP contribution in [0, 0.1) is 0 Å². The van der Waals surface area contributed by atoms with E-state index in [1.165, 1.54) is 21.3 Å². The van der Waals surface area contributed by atoms with Gasteiger partial charge in [0, 0.05) is 42.5 Å². The Kier molecular flexibility index (Phi) is 22.0. The Bertz CT molecular complexity index is 1930. The molecule has 2 aromatic rings. The predicted octanol–water partition coefficient (Wildman–Crippen LogP) is 8.38. The number of aliphatic hydroxyl groups excluding tert-OH is 1. The zero-order valence-corrected chi connectivity index (χ0v) is 43.4. The molecule has 16 nitrogen and oxygen atoms in total. The Morgan fingerprint density at radius 1 is 0.636 bits per heavy atom. The van der Waals surface area contributed by atoms with Crippen LogP contribution in [0.5, 0.6) is 23.0 Å². The Labute approximate surface area is 393 Å². The van der Waals surface area contributed by atoms with Gasteiger partial charge in [0.15, 0.2) is 31.4 Å². The number of benzene rings is 2. The van der Waals surface area contributed by atoms with Crippen molar-refractivity contribution in [3.63, 3.8) is 0 Å². The average Bonchev–Trinajstić information content (AvgIpc) is 3.72. The van der Waals surface area contributed by atoms with Crippen LogP contribution in [-0.2, 0) is 42.7 Å². The van der Waals surface area contributed by atoms with Gasteiger partial charge in [0.2, 0.25) is 0 Å². The SMILES string of the molecule is COCOc1cc(OC)cc(/C=C/C[C@@H]2OC(C)(C)OC2C=O)c1C(=O)OCC[Si](C)(C)C.COCOc1cc(OC)cc(/C=C/C[C@@H]2OC(C)(C)OC2CO)c1C(=O)OCC[Si](C)(C)C. The van der Waals surface area contributed by atoms with Crippen LogP contribution >= 0.6 is 0 Å². The van der Waals surface area contributed by atoms with Crippen molar-refractivity contribution in [1.29, 1.82) is 0 Å². The standard InChI is InChI=1S/C24H38O8Si.C24H36O8Si/c2*1-24(2)31-19(21(15-25)32-24)10-8-9-17-13-18(28-4)14-20(30-16-27-3)22(17)23(26)29-11-12-33(5,6)7/h8-9,13-14,19,21,25H,10-12,15-16H2,1-7H3;8-9,13-15,19,21H,10-12,16H2,1-7H3/b2*9-8+/t2*19-,21?/m00/s1. The fraction of sp³-hybridized carbons (Fsp3) is 0.604. The van der Waals surface area contributed by atoms with E-state index in [1.54, 1.807) is 57.4 Å². The summed E-state index contributed by atoms with van der Waals surface area (Å²) in [7, 11) is 3.38. The molecule has 0 aliphatic carbocycles. The minimum atomic E-state index is -1.36. The van der Waals surface area contributed by atoms with Gasteiger partial charge in [-0.3, -0.25) is 0 Å². The molecular formula is C48H74O16Si2. The molecule has 1 N–H and O–H groups in total. The zero-order chi connectivity index (χ0) is 49.3. The van der Waals surface area contributed by atoms with Gasteiger partial charge in [0.25, 0.3) is 0 Å². The van der Waals surface area contributed by atoms with E-state index in [1.807, 2.05) is 26.0 Å². The summed E-state index contributed by atoms with van der Waals surface area (Å²) in [5.41, 5.74) is 1.76. The van der Waals surface area contributed by atoms with Crippen molar-refractivity contribution < 1.29 is 76.3 Å². The Balaban J connectivity index is 0.000000350. The van der Waals surface area contributed by atoms with E-state index in [0.717, 1.165) is 18.4 Å². The maximum atomic E-state index is 13.1. The smallest absolute Gasteiger partial charge is 0.342 e. The lowest BCUT2D eigenvalue weighted by Gasteiger charge is -2.18. The molecule has 2 aliphatic rings. The van der Waals surface area contributed by atoms with E-state index >= 15 is 0 Å². The number of carbonyl (C=O) groups excluding carboxylic acids is 3. The number of hydrogen-bond acceptors (Lipinski definition) is 16.